The monoisotopic (exact) mass is 366 g/mol. The fourth-order valence-corrected chi connectivity index (χ4v) is 3.09. The Labute approximate surface area is 137 Å². The lowest BCUT2D eigenvalue weighted by Crippen LogP contribution is -2.25. The van der Waals surface area contributed by atoms with E-state index in [0.717, 1.165) is 11.6 Å². The Morgan fingerprint density at radius 3 is 2.91 bits per heavy atom. The molecule has 2 N–H and O–H groups in total. The van der Waals surface area contributed by atoms with Gasteiger partial charge in [-0.1, -0.05) is 19.3 Å². The lowest BCUT2D eigenvalue weighted by atomic mass is 9.89. The summed E-state index contributed by atoms with van der Waals surface area (Å²) < 4.78 is 5.75. The molecule has 22 heavy (non-hydrogen) atoms. The first kappa shape index (κ1) is 15.3. The number of nitrogens with one attached hydrogen (secondary N) is 2. The summed E-state index contributed by atoms with van der Waals surface area (Å²) in [5, 5.41) is 10.1. The maximum Gasteiger partial charge on any atom is 0.287 e. The van der Waals surface area contributed by atoms with Crippen molar-refractivity contribution in [2.75, 3.05) is 6.54 Å². The number of nitrogens with zero attached hydrogens (tertiary/aromatic N) is 2. The molecule has 0 unspecified atom stereocenters. The molecule has 1 aliphatic rings. The Bertz CT molecular complexity index is 631. The molecule has 0 bridgehead atoms. The average molecular weight is 367 g/mol. The lowest BCUT2D eigenvalue weighted by Gasteiger charge is -2.17. The van der Waals surface area contributed by atoms with Crippen LogP contribution in [0.1, 0.15) is 60.2 Å². The molecule has 0 radical (unpaired) electrons. The van der Waals surface area contributed by atoms with Crippen LogP contribution >= 0.6 is 15.9 Å². The normalized spacial score (nSPS) is 15.9. The van der Waals surface area contributed by atoms with Crippen molar-refractivity contribution in [2.45, 2.75) is 44.4 Å². The second-order valence-corrected chi connectivity index (χ2v) is 6.37. The van der Waals surface area contributed by atoms with Gasteiger partial charge in [0.25, 0.3) is 5.91 Å². The van der Waals surface area contributed by atoms with Crippen LogP contribution in [0, 0.1) is 0 Å². The molecule has 0 saturated heterocycles. The van der Waals surface area contributed by atoms with Gasteiger partial charge in [-0.15, -0.1) is 0 Å². The second kappa shape index (κ2) is 7.09. The molecule has 2 aromatic heterocycles. The van der Waals surface area contributed by atoms with Crippen molar-refractivity contribution in [3.8, 4) is 0 Å². The molecule has 0 aromatic carbocycles. The predicted octanol–water partition coefficient (Wildman–Crippen LogP) is 3.18. The zero-order valence-corrected chi connectivity index (χ0v) is 13.9. The molecule has 0 spiro atoms. The van der Waals surface area contributed by atoms with Gasteiger partial charge in [-0.2, -0.15) is 5.10 Å². The Kier molecular flexibility index (Phi) is 4.92. The number of furan rings is 1. The summed E-state index contributed by atoms with van der Waals surface area (Å²) in [4.78, 5) is 16.4. The first-order valence-electron chi connectivity index (χ1n) is 7.67. The van der Waals surface area contributed by atoms with Crippen molar-refractivity contribution in [3.63, 3.8) is 0 Å². The number of aromatic amines is 1. The van der Waals surface area contributed by atoms with Gasteiger partial charge < -0.3 is 9.73 Å². The highest BCUT2D eigenvalue weighted by atomic mass is 79.9. The van der Waals surface area contributed by atoms with E-state index in [-0.39, 0.29) is 5.91 Å². The molecule has 1 saturated carbocycles. The first-order valence-corrected chi connectivity index (χ1v) is 8.46. The Morgan fingerprint density at radius 2 is 2.18 bits per heavy atom. The van der Waals surface area contributed by atoms with Crippen molar-refractivity contribution in [1.82, 2.24) is 20.5 Å². The smallest absolute Gasteiger partial charge is 0.287 e. The zero-order chi connectivity index (χ0) is 15.4. The van der Waals surface area contributed by atoms with Gasteiger partial charge in [0.05, 0.1) is 0 Å². The fraction of sp³-hybridized carbons (Fsp3) is 0.533. The largest absolute Gasteiger partial charge is 0.444 e. The average Bonchev–Trinajstić information content (AvgIpc) is 3.17. The van der Waals surface area contributed by atoms with Crippen LogP contribution in [0.3, 0.4) is 0 Å². The van der Waals surface area contributed by atoms with Gasteiger partial charge in [0.15, 0.2) is 16.3 Å². The summed E-state index contributed by atoms with van der Waals surface area (Å²) in [5.41, 5.74) is 0. The summed E-state index contributed by atoms with van der Waals surface area (Å²) in [5.74, 6) is 2.32. The highest BCUT2D eigenvalue weighted by Crippen LogP contribution is 2.30. The molecule has 0 aliphatic heterocycles. The maximum absolute atomic E-state index is 11.8. The molecule has 2 aromatic rings. The molecule has 7 heteroatoms. The third-order valence-electron chi connectivity index (χ3n) is 3.96. The highest BCUT2D eigenvalue weighted by Gasteiger charge is 2.19. The van der Waals surface area contributed by atoms with E-state index in [2.05, 4.69) is 36.4 Å². The fourth-order valence-electron chi connectivity index (χ4n) is 2.78. The van der Waals surface area contributed by atoms with Crippen LogP contribution < -0.4 is 5.32 Å². The van der Waals surface area contributed by atoms with E-state index in [0.29, 0.717) is 29.3 Å². The van der Waals surface area contributed by atoms with Crippen molar-refractivity contribution < 1.29 is 9.21 Å². The molecular formula is C15H19BrN4O2. The van der Waals surface area contributed by atoms with Crippen LogP contribution in [0.5, 0.6) is 0 Å². The summed E-state index contributed by atoms with van der Waals surface area (Å²) in [6, 6.07) is 3.33. The van der Waals surface area contributed by atoms with Crippen molar-refractivity contribution in [3.05, 3.63) is 34.2 Å². The van der Waals surface area contributed by atoms with Crippen molar-refractivity contribution in [1.29, 1.82) is 0 Å². The molecule has 1 amide bonds. The van der Waals surface area contributed by atoms with Gasteiger partial charge in [-0.05, 0) is 40.9 Å². The lowest BCUT2D eigenvalue weighted by molar-refractivity contribution is 0.0925. The van der Waals surface area contributed by atoms with Gasteiger partial charge in [0, 0.05) is 18.9 Å². The Hall–Kier alpha value is -1.63. The standard InChI is InChI=1S/C15H19BrN4O2/c16-12-7-6-11(22-12)15(21)17-9-8-13-18-14(20-19-13)10-4-2-1-3-5-10/h6-7,10H,1-5,8-9H2,(H,17,21)(H,18,19,20). The van der Waals surface area contributed by atoms with Gasteiger partial charge in [0.2, 0.25) is 0 Å². The molecule has 1 fully saturated rings. The topological polar surface area (TPSA) is 83.8 Å². The second-order valence-electron chi connectivity index (χ2n) is 5.58. The van der Waals surface area contributed by atoms with Crippen LogP contribution in [0.15, 0.2) is 21.2 Å². The van der Waals surface area contributed by atoms with E-state index in [4.69, 9.17) is 4.42 Å². The first-order chi connectivity index (χ1) is 10.7. The number of H-pyrrole nitrogens is 1. The number of carbonyl (C=O) groups excluding carboxylic acids is 1. The van der Waals surface area contributed by atoms with Crippen molar-refractivity contribution in [2.24, 2.45) is 0 Å². The van der Waals surface area contributed by atoms with Crippen LogP contribution in [0.4, 0.5) is 0 Å². The Morgan fingerprint density at radius 1 is 1.36 bits per heavy atom. The van der Waals surface area contributed by atoms with E-state index < -0.39 is 0 Å². The van der Waals surface area contributed by atoms with E-state index in [1.807, 2.05) is 0 Å². The predicted molar refractivity (Wildman–Crippen MR) is 84.7 cm³/mol. The molecule has 2 heterocycles. The number of amides is 1. The van der Waals surface area contributed by atoms with E-state index in [1.165, 1.54) is 32.1 Å². The van der Waals surface area contributed by atoms with E-state index in [9.17, 15) is 4.79 Å². The van der Waals surface area contributed by atoms with Gasteiger partial charge >= 0.3 is 0 Å². The third kappa shape index (κ3) is 3.76. The van der Waals surface area contributed by atoms with E-state index in [1.54, 1.807) is 12.1 Å². The van der Waals surface area contributed by atoms with Gasteiger partial charge in [-0.3, -0.25) is 9.89 Å². The number of rotatable bonds is 5. The summed E-state index contributed by atoms with van der Waals surface area (Å²) in [6.45, 7) is 0.496. The van der Waals surface area contributed by atoms with Crippen LogP contribution in [0.25, 0.3) is 0 Å². The number of hydrogen-bond donors (Lipinski definition) is 2. The van der Waals surface area contributed by atoms with Crippen molar-refractivity contribution >= 4 is 21.8 Å². The summed E-state index contributed by atoms with van der Waals surface area (Å²) in [7, 11) is 0. The quantitative estimate of drug-likeness (QED) is 0.850. The minimum absolute atomic E-state index is 0.224. The molecule has 3 rings (SSSR count). The SMILES string of the molecule is O=C(NCCc1nc(C2CCCCC2)n[nH]1)c1ccc(Br)o1. The highest BCUT2D eigenvalue weighted by molar-refractivity contribution is 9.10. The molecule has 1 aliphatic carbocycles. The zero-order valence-electron chi connectivity index (χ0n) is 12.3. The molecule has 118 valence electrons. The molecular weight excluding hydrogens is 348 g/mol. The summed E-state index contributed by atoms with van der Waals surface area (Å²) in [6.07, 6.45) is 6.85. The number of aromatic nitrogens is 3. The van der Waals surface area contributed by atoms with Gasteiger partial charge in [-0.25, -0.2) is 4.98 Å². The minimum Gasteiger partial charge on any atom is -0.444 e. The number of halogens is 1. The van der Waals surface area contributed by atoms with Crippen LogP contribution in [-0.2, 0) is 6.42 Å². The third-order valence-corrected chi connectivity index (χ3v) is 4.39. The number of carbonyl (C=O) groups is 1. The van der Waals surface area contributed by atoms with Gasteiger partial charge in [0.1, 0.15) is 5.82 Å². The molecule has 0 atom stereocenters. The Balaban J connectivity index is 1.47. The summed E-state index contributed by atoms with van der Waals surface area (Å²) >= 11 is 3.18. The molecule has 6 nitrogen and oxygen atoms in total. The number of hydrogen-bond acceptors (Lipinski definition) is 4. The minimum atomic E-state index is -0.224. The van der Waals surface area contributed by atoms with Crippen LogP contribution in [-0.4, -0.2) is 27.6 Å². The van der Waals surface area contributed by atoms with Crippen LogP contribution in [0.2, 0.25) is 0 Å². The van der Waals surface area contributed by atoms with E-state index >= 15 is 0 Å². The maximum atomic E-state index is 11.8.